The maximum Gasteiger partial charge on any atom is 0.202 e. The molecule has 104 valence electrons. The normalized spacial score (nSPS) is 21.3. The first-order chi connectivity index (χ1) is 9.13. The highest BCUT2D eigenvalue weighted by Gasteiger charge is 2.28. The minimum atomic E-state index is 0.189. The lowest BCUT2D eigenvalue weighted by Gasteiger charge is -2.22. The topological polar surface area (TPSA) is 70.9 Å². The number of anilines is 1. The second-order valence-corrected chi connectivity index (χ2v) is 5.21. The first-order valence-electron chi connectivity index (χ1n) is 6.96. The standard InChI is InChI=1S/C13H21N5O/c1-4-17-12-11(8(2)16-17)15-13(14)18(12)9(3)10-6-5-7-19-10/h9-10H,4-7H2,1-3H3,(H2,14,15). The molecule has 2 atom stereocenters. The van der Waals surface area contributed by atoms with Crippen molar-refractivity contribution in [3.63, 3.8) is 0 Å². The zero-order valence-corrected chi connectivity index (χ0v) is 11.8. The fourth-order valence-electron chi connectivity index (χ4n) is 2.98. The summed E-state index contributed by atoms with van der Waals surface area (Å²) in [5.74, 6) is 0.556. The molecule has 6 heteroatoms. The van der Waals surface area contributed by atoms with Crippen molar-refractivity contribution >= 4 is 17.1 Å². The van der Waals surface area contributed by atoms with Crippen LogP contribution in [0.15, 0.2) is 0 Å². The van der Waals surface area contributed by atoms with E-state index in [2.05, 4.69) is 28.5 Å². The summed E-state index contributed by atoms with van der Waals surface area (Å²) in [5, 5.41) is 4.52. The number of hydrogen-bond acceptors (Lipinski definition) is 4. The molecule has 2 aromatic heterocycles. The summed E-state index contributed by atoms with van der Waals surface area (Å²) in [5.41, 5.74) is 8.97. The van der Waals surface area contributed by atoms with Crippen LogP contribution in [0.5, 0.6) is 0 Å². The molecular formula is C13H21N5O. The Morgan fingerprint density at radius 2 is 2.32 bits per heavy atom. The Kier molecular flexibility index (Phi) is 2.97. The van der Waals surface area contributed by atoms with Crippen LogP contribution in [0.4, 0.5) is 5.95 Å². The van der Waals surface area contributed by atoms with Crippen molar-refractivity contribution in [1.29, 1.82) is 0 Å². The van der Waals surface area contributed by atoms with E-state index in [0.29, 0.717) is 5.95 Å². The van der Waals surface area contributed by atoms with Crippen molar-refractivity contribution in [3.8, 4) is 0 Å². The third-order valence-corrected chi connectivity index (χ3v) is 3.98. The van der Waals surface area contributed by atoms with E-state index >= 15 is 0 Å². The minimum Gasteiger partial charge on any atom is -0.376 e. The molecule has 1 aliphatic heterocycles. The van der Waals surface area contributed by atoms with E-state index in [1.807, 2.05) is 11.6 Å². The van der Waals surface area contributed by atoms with Crippen molar-refractivity contribution in [2.45, 2.75) is 52.3 Å². The average molecular weight is 263 g/mol. The predicted molar refractivity (Wildman–Crippen MR) is 74.0 cm³/mol. The molecule has 1 fully saturated rings. The number of fused-ring (bicyclic) bond motifs is 1. The molecule has 0 bridgehead atoms. The lowest BCUT2D eigenvalue weighted by atomic mass is 10.1. The molecule has 6 nitrogen and oxygen atoms in total. The zero-order chi connectivity index (χ0) is 13.6. The monoisotopic (exact) mass is 263 g/mol. The first kappa shape index (κ1) is 12.5. The number of nitrogens with two attached hydrogens (primary N) is 1. The van der Waals surface area contributed by atoms with Crippen LogP contribution in [0, 0.1) is 6.92 Å². The molecule has 3 rings (SSSR count). The van der Waals surface area contributed by atoms with E-state index in [1.165, 1.54) is 0 Å². The number of imidazole rings is 1. The van der Waals surface area contributed by atoms with Gasteiger partial charge in [-0.05, 0) is 33.6 Å². The van der Waals surface area contributed by atoms with Gasteiger partial charge < -0.3 is 10.5 Å². The zero-order valence-electron chi connectivity index (χ0n) is 11.8. The average Bonchev–Trinajstić information content (AvgIpc) is 3.06. The predicted octanol–water partition coefficient (Wildman–Crippen LogP) is 1.88. The van der Waals surface area contributed by atoms with Crippen molar-refractivity contribution < 1.29 is 4.74 Å². The van der Waals surface area contributed by atoms with Crippen LogP contribution in [0.25, 0.3) is 11.2 Å². The molecule has 1 aliphatic rings. The molecule has 2 aromatic rings. The molecule has 2 N–H and O–H groups in total. The molecule has 0 aliphatic carbocycles. The number of aromatic nitrogens is 4. The van der Waals surface area contributed by atoms with Crippen LogP contribution < -0.4 is 5.73 Å². The fraction of sp³-hybridized carbons (Fsp3) is 0.692. The van der Waals surface area contributed by atoms with Crippen LogP contribution in [-0.4, -0.2) is 32.0 Å². The third kappa shape index (κ3) is 1.82. The molecule has 2 unspecified atom stereocenters. The van der Waals surface area contributed by atoms with Crippen molar-refractivity contribution in [2.75, 3.05) is 12.3 Å². The maximum atomic E-state index is 6.11. The Hall–Kier alpha value is -1.56. The molecule has 0 radical (unpaired) electrons. The highest BCUT2D eigenvalue weighted by molar-refractivity contribution is 5.77. The molecule has 3 heterocycles. The molecule has 0 amide bonds. The number of nitrogens with zero attached hydrogens (tertiary/aromatic N) is 4. The van der Waals surface area contributed by atoms with E-state index in [4.69, 9.17) is 10.5 Å². The molecule has 19 heavy (non-hydrogen) atoms. The number of aryl methyl sites for hydroxylation is 2. The summed E-state index contributed by atoms with van der Waals surface area (Å²) in [6.07, 6.45) is 2.43. The SMILES string of the molecule is CCn1nc(C)c2nc(N)n(C(C)C3CCCO3)c21. The molecular weight excluding hydrogens is 242 g/mol. The number of hydrogen-bond donors (Lipinski definition) is 1. The van der Waals surface area contributed by atoms with Gasteiger partial charge in [-0.2, -0.15) is 5.10 Å². The van der Waals surface area contributed by atoms with Gasteiger partial charge in [0.05, 0.1) is 17.8 Å². The van der Waals surface area contributed by atoms with Crippen LogP contribution in [0.1, 0.15) is 38.4 Å². The van der Waals surface area contributed by atoms with E-state index in [-0.39, 0.29) is 12.1 Å². The van der Waals surface area contributed by atoms with Gasteiger partial charge in [0.1, 0.15) is 5.52 Å². The van der Waals surface area contributed by atoms with Gasteiger partial charge in [-0.1, -0.05) is 0 Å². The number of ether oxygens (including phenoxy) is 1. The lowest BCUT2D eigenvalue weighted by Crippen LogP contribution is -2.23. The van der Waals surface area contributed by atoms with Gasteiger partial charge in [-0.3, -0.25) is 4.57 Å². The van der Waals surface area contributed by atoms with Crippen LogP contribution in [0.3, 0.4) is 0 Å². The summed E-state index contributed by atoms with van der Waals surface area (Å²) >= 11 is 0. The Morgan fingerprint density at radius 3 is 2.95 bits per heavy atom. The second kappa shape index (κ2) is 4.52. The van der Waals surface area contributed by atoms with Gasteiger partial charge >= 0.3 is 0 Å². The Morgan fingerprint density at radius 1 is 1.53 bits per heavy atom. The van der Waals surface area contributed by atoms with Crippen molar-refractivity contribution in [3.05, 3.63) is 5.69 Å². The summed E-state index contributed by atoms with van der Waals surface area (Å²) in [6.45, 7) is 7.86. The van der Waals surface area contributed by atoms with Gasteiger partial charge in [-0.15, -0.1) is 0 Å². The Bertz CT molecular complexity index is 594. The Labute approximate surface area is 112 Å². The molecule has 0 saturated carbocycles. The summed E-state index contributed by atoms with van der Waals surface area (Å²) < 4.78 is 9.84. The number of nitrogen functional groups attached to an aromatic ring is 1. The van der Waals surface area contributed by atoms with Crippen LogP contribution in [-0.2, 0) is 11.3 Å². The highest BCUT2D eigenvalue weighted by atomic mass is 16.5. The van der Waals surface area contributed by atoms with Crippen molar-refractivity contribution in [1.82, 2.24) is 19.3 Å². The fourth-order valence-corrected chi connectivity index (χ4v) is 2.98. The van der Waals surface area contributed by atoms with Gasteiger partial charge in [0, 0.05) is 13.2 Å². The second-order valence-electron chi connectivity index (χ2n) is 5.21. The van der Waals surface area contributed by atoms with E-state index < -0.39 is 0 Å². The van der Waals surface area contributed by atoms with E-state index in [9.17, 15) is 0 Å². The number of rotatable bonds is 3. The Balaban J connectivity index is 2.13. The maximum absolute atomic E-state index is 6.11. The largest absolute Gasteiger partial charge is 0.376 e. The highest BCUT2D eigenvalue weighted by Crippen LogP contribution is 2.31. The summed E-state index contributed by atoms with van der Waals surface area (Å²) in [4.78, 5) is 4.48. The first-order valence-corrected chi connectivity index (χ1v) is 6.96. The van der Waals surface area contributed by atoms with E-state index in [1.54, 1.807) is 0 Å². The van der Waals surface area contributed by atoms with E-state index in [0.717, 1.165) is 42.9 Å². The molecule has 0 spiro atoms. The van der Waals surface area contributed by atoms with Crippen LogP contribution in [0.2, 0.25) is 0 Å². The smallest absolute Gasteiger partial charge is 0.202 e. The van der Waals surface area contributed by atoms with Gasteiger partial charge in [0.2, 0.25) is 5.95 Å². The van der Waals surface area contributed by atoms with Crippen molar-refractivity contribution in [2.24, 2.45) is 0 Å². The lowest BCUT2D eigenvalue weighted by molar-refractivity contribution is 0.0748. The molecule has 0 aromatic carbocycles. The van der Waals surface area contributed by atoms with Gasteiger partial charge in [0.15, 0.2) is 5.65 Å². The van der Waals surface area contributed by atoms with Gasteiger partial charge in [-0.25, -0.2) is 9.67 Å². The summed E-state index contributed by atoms with van der Waals surface area (Å²) in [6, 6.07) is 0.189. The minimum absolute atomic E-state index is 0.189. The van der Waals surface area contributed by atoms with Crippen LogP contribution >= 0.6 is 0 Å². The van der Waals surface area contributed by atoms with Gasteiger partial charge in [0.25, 0.3) is 0 Å². The summed E-state index contributed by atoms with van der Waals surface area (Å²) in [7, 11) is 0. The molecule has 1 saturated heterocycles. The quantitative estimate of drug-likeness (QED) is 0.918. The third-order valence-electron chi connectivity index (χ3n) is 3.98.